The summed E-state index contributed by atoms with van der Waals surface area (Å²) in [6.45, 7) is -0.367. The van der Waals surface area contributed by atoms with Gasteiger partial charge in [-0.25, -0.2) is 9.78 Å². The van der Waals surface area contributed by atoms with Crippen molar-refractivity contribution in [2.45, 2.75) is 6.04 Å². The molecule has 3 N–H and O–H groups in total. The molecule has 7 nitrogen and oxygen atoms in total. The number of ether oxygens (including phenoxy) is 2. The van der Waals surface area contributed by atoms with Crippen molar-refractivity contribution in [1.82, 2.24) is 4.98 Å². The average Bonchev–Trinajstić information content (AvgIpc) is 2.89. The summed E-state index contributed by atoms with van der Waals surface area (Å²) in [5.74, 6) is 0.463. The second kappa shape index (κ2) is 4.86. The maximum absolute atomic E-state index is 11.0. The third-order valence-corrected chi connectivity index (χ3v) is 3.05. The van der Waals surface area contributed by atoms with E-state index in [4.69, 9.17) is 19.7 Å². The van der Waals surface area contributed by atoms with Crippen molar-refractivity contribution in [1.29, 1.82) is 0 Å². The van der Waals surface area contributed by atoms with Gasteiger partial charge in [0.1, 0.15) is 11.9 Å². The van der Waals surface area contributed by atoms with Gasteiger partial charge in [0.05, 0.1) is 6.61 Å². The van der Waals surface area contributed by atoms with Crippen LogP contribution in [0.15, 0.2) is 24.4 Å². The summed E-state index contributed by atoms with van der Waals surface area (Å²) in [6.07, 6.45) is 1.56. The Morgan fingerprint density at radius 2 is 2.15 bits per heavy atom. The number of carbonyl (C=O) groups is 1. The first-order valence-corrected chi connectivity index (χ1v) is 5.97. The van der Waals surface area contributed by atoms with Gasteiger partial charge in [0.25, 0.3) is 0 Å². The van der Waals surface area contributed by atoms with Crippen LogP contribution in [0.4, 0.5) is 5.82 Å². The molecule has 1 aliphatic rings. The number of hydrogen-bond acceptors (Lipinski definition) is 6. The fourth-order valence-electron chi connectivity index (χ4n) is 2.03. The van der Waals surface area contributed by atoms with E-state index in [0.29, 0.717) is 22.7 Å². The van der Waals surface area contributed by atoms with E-state index in [9.17, 15) is 4.79 Å². The maximum atomic E-state index is 11.0. The van der Waals surface area contributed by atoms with Gasteiger partial charge in [-0.05, 0) is 23.6 Å². The molecule has 1 aromatic carbocycles. The molecule has 0 fully saturated rings. The molecular formula is C13H12N2O5. The summed E-state index contributed by atoms with van der Waals surface area (Å²) in [4.78, 5) is 15.1. The van der Waals surface area contributed by atoms with E-state index < -0.39 is 18.6 Å². The summed E-state index contributed by atoms with van der Waals surface area (Å²) in [5.41, 5.74) is 0. The van der Waals surface area contributed by atoms with Crippen LogP contribution in [0.2, 0.25) is 0 Å². The van der Waals surface area contributed by atoms with Crippen LogP contribution in [-0.4, -0.2) is 40.6 Å². The SMILES string of the molecule is O=C(O)C(CO)Nc1nccc2cc3c(cc12)OCO3. The molecule has 2 aromatic rings. The first-order chi connectivity index (χ1) is 9.69. The molecule has 3 rings (SSSR count). The quantitative estimate of drug-likeness (QED) is 0.760. The molecule has 20 heavy (non-hydrogen) atoms. The molecule has 0 amide bonds. The van der Waals surface area contributed by atoms with E-state index in [0.717, 1.165) is 5.39 Å². The van der Waals surface area contributed by atoms with Crippen LogP contribution in [0.1, 0.15) is 0 Å². The lowest BCUT2D eigenvalue weighted by Crippen LogP contribution is -2.33. The highest BCUT2D eigenvalue weighted by Crippen LogP contribution is 2.37. The van der Waals surface area contributed by atoms with E-state index in [1.807, 2.05) is 0 Å². The molecule has 0 saturated carbocycles. The summed E-state index contributed by atoms with van der Waals surface area (Å²) in [5, 5.41) is 22.3. The molecule has 7 heteroatoms. The molecule has 104 valence electrons. The van der Waals surface area contributed by atoms with E-state index in [1.54, 1.807) is 24.4 Å². The molecular weight excluding hydrogens is 264 g/mol. The Morgan fingerprint density at radius 1 is 1.40 bits per heavy atom. The number of pyridine rings is 1. The molecule has 0 bridgehead atoms. The maximum Gasteiger partial charge on any atom is 0.328 e. The lowest BCUT2D eigenvalue weighted by molar-refractivity contribution is -0.138. The normalized spacial score (nSPS) is 14.2. The Kier molecular flexibility index (Phi) is 3.03. The number of nitrogens with zero attached hydrogens (tertiary/aromatic N) is 1. The minimum absolute atomic E-state index is 0.163. The molecule has 1 aromatic heterocycles. The van der Waals surface area contributed by atoms with Gasteiger partial charge in [0, 0.05) is 11.6 Å². The third-order valence-electron chi connectivity index (χ3n) is 3.05. The zero-order valence-electron chi connectivity index (χ0n) is 10.4. The molecule has 0 saturated heterocycles. The van der Waals surface area contributed by atoms with Gasteiger partial charge < -0.3 is 25.0 Å². The number of benzene rings is 1. The van der Waals surface area contributed by atoms with Gasteiger partial charge in [-0.1, -0.05) is 0 Å². The van der Waals surface area contributed by atoms with Crippen LogP contribution >= 0.6 is 0 Å². The highest BCUT2D eigenvalue weighted by atomic mass is 16.7. The van der Waals surface area contributed by atoms with Gasteiger partial charge in [0.2, 0.25) is 6.79 Å². The average molecular weight is 276 g/mol. The smallest absolute Gasteiger partial charge is 0.328 e. The number of aromatic nitrogens is 1. The summed E-state index contributed by atoms with van der Waals surface area (Å²) in [6, 6.07) is 4.22. The van der Waals surface area contributed by atoms with Crippen LogP contribution in [0.3, 0.4) is 0 Å². The topological polar surface area (TPSA) is 101 Å². The van der Waals surface area contributed by atoms with Crippen LogP contribution < -0.4 is 14.8 Å². The second-order valence-corrected chi connectivity index (χ2v) is 4.30. The lowest BCUT2D eigenvalue weighted by atomic mass is 10.1. The number of anilines is 1. The number of aliphatic hydroxyl groups excluding tert-OH is 1. The summed E-state index contributed by atoms with van der Waals surface area (Å²) >= 11 is 0. The Balaban J connectivity index is 2.05. The third kappa shape index (κ3) is 2.08. The van der Waals surface area contributed by atoms with Crippen molar-refractivity contribution < 1.29 is 24.5 Å². The standard InChI is InChI=1S/C13H12N2O5/c16-5-9(13(17)18)15-12-8-4-11-10(19-6-20-11)3-7(8)1-2-14-12/h1-4,9,16H,5-6H2,(H,14,15)(H,17,18). The van der Waals surface area contributed by atoms with Crippen LogP contribution in [-0.2, 0) is 4.79 Å². The molecule has 1 unspecified atom stereocenters. The predicted molar refractivity (Wildman–Crippen MR) is 70.0 cm³/mol. The number of aliphatic hydroxyl groups is 1. The van der Waals surface area contributed by atoms with Crippen molar-refractivity contribution in [2.24, 2.45) is 0 Å². The fraction of sp³-hybridized carbons (Fsp3) is 0.231. The number of rotatable bonds is 4. The van der Waals surface area contributed by atoms with Gasteiger partial charge in [-0.15, -0.1) is 0 Å². The van der Waals surface area contributed by atoms with Crippen molar-refractivity contribution in [2.75, 3.05) is 18.7 Å². The van der Waals surface area contributed by atoms with E-state index >= 15 is 0 Å². The van der Waals surface area contributed by atoms with Crippen LogP contribution in [0.25, 0.3) is 10.8 Å². The number of carboxylic acid groups (broad SMARTS) is 1. The number of carboxylic acids is 1. The molecule has 1 atom stereocenters. The highest BCUT2D eigenvalue weighted by molar-refractivity contribution is 5.95. The van der Waals surface area contributed by atoms with Crippen molar-refractivity contribution >= 4 is 22.6 Å². The van der Waals surface area contributed by atoms with E-state index in [-0.39, 0.29) is 6.79 Å². The fourth-order valence-corrected chi connectivity index (χ4v) is 2.03. The second-order valence-electron chi connectivity index (χ2n) is 4.30. The molecule has 0 radical (unpaired) electrons. The van der Waals surface area contributed by atoms with Crippen LogP contribution in [0, 0.1) is 0 Å². The number of hydrogen-bond donors (Lipinski definition) is 3. The van der Waals surface area contributed by atoms with E-state index in [2.05, 4.69) is 10.3 Å². The highest BCUT2D eigenvalue weighted by Gasteiger charge is 2.20. The first kappa shape index (κ1) is 12.5. The zero-order chi connectivity index (χ0) is 14.1. The van der Waals surface area contributed by atoms with E-state index in [1.165, 1.54) is 0 Å². The molecule has 2 heterocycles. The van der Waals surface area contributed by atoms with Crippen molar-refractivity contribution in [3.8, 4) is 11.5 Å². The monoisotopic (exact) mass is 276 g/mol. The number of aliphatic carboxylic acids is 1. The van der Waals surface area contributed by atoms with Crippen molar-refractivity contribution in [3.05, 3.63) is 24.4 Å². The number of nitrogens with one attached hydrogen (secondary N) is 1. The minimum atomic E-state index is -1.15. The summed E-state index contributed by atoms with van der Waals surface area (Å²) < 4.78 is 10.6. The van der Waals surface area contributed by atoms with Gasteiger partial charge >= 0.3 is 5.97 Å². The van der Waals surface area contributed by atoms with Gasteiger partial charge in [0.15, 0.2) is 11.5 Å². The predicted octanol–water partition coefficient (Wildman–Crippen LogP) is 0.821. The Labute approximate surface area is 113 Å². The minimum Gasteiger partial charge on any atom is -0.480 e. The lowest BCUT2D eigenvalue weighted by Gasteiger charge is -2.14. The molecule has 0 spiro atoms. The largest absolute Gasteiger partial charge is 0.480 e. The Morgan fingerprint density at radius 3 is 2.85 bits per heavy atom. The summed E-state index contributed by atoms with van der Waals surface area (Å²) in [7, 11) is 0. The number of fused-ring (bicyclic) bond motifs is 2. The van der Waals surface area contributed by atoms with Crippen molar-refractivity contribution in [3.63, 3.8) is 0 Å². The first-order valence-electron chi connectivity index (χ1n) is 5.97. The zero-order valence-corrected chi connectivity index (χ0v) is 10.4. The Hall–Kier alpha value is -2.54. The molecule has 0 aliphatic carbocycles. The van der Waals surface area contributed by atoms with Gasteiger partial charge in [-0.2, -0.15) is 0 Å². The van der Waals surface area contributed by atoms with Crippen LogP contribution in [0.5, 0.6) is 11.5 Å². The molecule has 1 aliphatic heterocycles. The van der Waals surface area contributed by atoms with Gasteiger partial charge in [-0.3, -0.25) is 0 Å². The Bertz CT molecular complexity index is 673.